The minimum atomic E-state index is -0.926. The fraction of sp³-hybridized carbons (Fsp3) is 0.758. The number of hydrogen-bond donors (Lipinski definition) is 4. The van der Waals surface area contributed by atoms with Crippen molar-refractivity contribution in [2.75, 3.05) is 108 Å². The van der Waals surface area contributed by atoms with Crippen LogP contribution < -0.4 is 0 Å². The van der Waals surface area contributed by atoms with Crippen LogP contribution in [0.1, 0.15) is 35.1 Å². The SMILES string of the molecule is C.COC(=O)OCC(C)OC(=O)OCCO.COC(=O)OCC(C)OC(=O)OCCO.COC(=O)OCC(C)OC(=O)OCCO.COC(=O)OCC(C)OC(=O)OCCO.[Y].[Y].[Y].[Y]. The van der Waals surface area contributed by atoms with E-state index >= 15 is 0 Å². The zero-order chi connectivity index (χ0) is 46.7. The Hall–Kier alpha value is -1.58. The van der Waals surface area contributed by atoms with Crippen LogP contribution in [0.15, 0.2) is 0 Å². The van der Waals surface area contributed by atoms with E-state index in [0.717, 1.165) is 0 Å². The summed E-state index contributed by atoms with van der Waals surface area (Å²) in [6.07, 6.45) is -9.69. The molecule has 4 atom stereocenters. The summed E-state index contributed by atoms with van der Waals surface area (Å²) in [6.45, 7) is 3.93. The molecule has 0 aliphatic rings. The van der Waals surface area contributed by atoms with E-state index in [4.69, 9.17) is 20.4 Å². The molecule has 0 bridgehead atoms. The number of rotatable bonds is 20. The minimum absolute atomic E-state index is 0. The molecule has 65 heavy (non-hydrogen) atoms. The summed E-state index contributed by atoms with van der Waals surface area (Å²) in [6, 6.07) is 0. The summed E-state index contributed by atoms with van der Waals surface area (Å²) in [5.41, 5.74) is 0. The normalized spacial score (nSPS) is 10.5. The molecule has 0 aliphatic carbocycles. The van der Waals surface area contributed by atoms with E-state index < -0.39 is 73.7 Å². The number of aliphatic hydroxyl groups is 4. The van der Waals surface area contributed by atoms with Gasteiger partial charge < -0.3 is 96.2 Å². The van der Waals surface area contributed by atoms with Crippen LogP contribution in [-0.2, 0) is 207 Å². The van der Waals surface area contributed by atoms with E-state index in [2.05, 4.69) is 75.8 Å². The van der Waals surface area contributed by atoms with E-state index in [1.165, 1.54) is 56.1 Å². The molecule has 4 unspecified atom stereocenters. The van der Waals surface area contributed by atoms with Crippen LogP contribution in [-0.4, -0.2) is 202 Å². The topological polar surface area (TPSA) is 365 Å². The van der Waals surface area contributed by atoms with Crippen LogP contribution in [0.5, 0.6) is 0 Å². The molecular weight excluding hydrogens is 1200 g/mol. The van der Waals surface area contributed by atoms with Crippen molar-refractivity contribution in [1.82, 2.24) is 0 Å². The van der Waals surface area contributed by atoms with Crippen LogP contribution in [0.25, 0.3) is 0 Å². The van der Waals surface area contributed by atoms with Gasteiger partial charge in [0.25, 0.3) is 0 Å². The average Bonchev–Trinajstić information content (AvgIpc) is 3.23. The van der Waals surface area contributed by atoms with Crippen LogP contribution in [0.4, 0.5) is 38.4 Å². The number of aliphatic hydroxyl groups excluding tert-OH is 4. The summed E-state index contributed by atoms with van der Waals surface area (Å²) in [7, 11) is 4.68. The van der Waals surface area contributed by atoms with Crippen LogP contribution in [0.3, 0.4) is 0 Å². The van der Waals surface area contributed by atoms with Gasteiger partial charge in [0, 0.05) is 131 Å². The van der Waals surface area contributed by atoms with Crippen molar-refractivity contribution in [2.24, 2.45) is 0 Å². The van der Waals surface area contributed by atoms with Crippen molar-refractivity contribution in [3.63, 3.8) is 0 Å². The van der Waals surface area contributed by atoms with Gasteiger partial charge in [-0.2, -0.15) is 0 Å². The number of methoxy groups -OCH3 is 4. The van der Waals surface area contributed by atoms with Crippen molar-refractivity contribution in [3.8, 4) is 0 Å². The van der Waals surface area contributed by atoms with Gasteiger partial charge in [0.15, 0.2) is 0 Å². The summed E-state index contributed by atoms with van der Waals surface area (Å²) in [4.78, 5) is 85.3. The first-order chi connectivity index (χ1) is 28.4. The molecule has 0 fully saturated rings. The van der Waals surface area contributed by atoms with Gasteiger partial charge in [0.2, 0.25) is 0 Å². The molecule has 0 rings (SSSR count). The molecule has 0 spiro atoms. The Morgan fingerprint density at radius 1 is 0.323 bits per heavy atom. The smallest absolute Gasteiger partial charge is 0.438 e. The van der Waals surface area contributed by atoms with Gasteiger partial charge in [-0.1, -0.05) is 7.43 Å². The molecule has 4 radical (unpaired) electrons. The summed E-state index contributed by atoms with van der Waals surface area (Å²) < 4.78 is 71.1. The van der Waals surface area contributed by atoms with Crippen LogP contribution >= 0.6 is 0 Å². The standard InChI is InChI=1S/4C8H14O7.CH4.4Y/c4*1-6(5-14-7(10)12-2)15-8(11)13-4-3-9;;;;;/h4*6,9H,3-5H2,1-2H3;1H4;;;;. The molecule has 0 saturated heterocycles. The molecule has 0 aromatic heterocycles. The number of carbonyl (C=O) groups is 8. The van der Waals surface area contributed by atoms with Crippen molar-refractivity contribution in [1.29, 1.82) is 0 Å². The largest absolute Gasteiger partial charge is 0.508 e. The number of hydrogen-bond acceptors (Lipinski definition) is 28. The maximum atomic E-state index is 10.8. The molecule has 4 N–H and O–H groups in total. The molecule has 32 heteroatoms. The molecule has 0 aliphatic heterocycles. The molecule has 372 valence electrons. The van der Waals surface area contributed by atoms with Crippen LogP contribution in [0, 0.1) is 0 Å². The van der Waals surface area contributed by atoms with Gasteiger partial charge in [-0.05, 0) is 27.7 Å². The molecule has 0 saturated carbocycles. The molecule has 28 nitrogen and oxygen atoms in total. The Kier molecular flexibility index (Phi) is 77.6. The van der Waals surface area contributed by atoms with E-state index in [9.17, 15) is 38.4 Å². The van der Waals surface area contributed by atoms with Gasteiger partial charge >= 0.3 is 49.2 Å². The third-order valence-corrected chi connectivity index (χ3v) is 4.84. The summed E-state index contributed by atoms with van der Waals surface area (Å²) in [5.74, 6) is 0. The zero-order valence-electron chi connectivity index (χ0n) is 36.7. The second-order valence-electron chi connectivity index (χ2n) is 10.1. The average molecular weight is 1260 g/mol. The molecule has 0 heterocycles. The molecule has 0 aromatic carbocycles. The number of carbonyl (C=O) groups excluding carboxylic acids is 8. The van der Waals surface area contributed by atoms with Crippen molar-refractivity contribution >= 4 is 49.2 Å². The molecule has 0 amide bonds. The van der Waals surface area contributed by atoms with Gasteiger partial charge in [-0.25, -0.2) is 38.4 Å². The first kappa shape index (κ1) is 83.4. The fourth-order valence-electron chi connectivity index (χ4n) is 2.42. The van der Waals surface area contributed by atoms with Gasteiger partial charge in [0.1, 0.15) is 77.3 Å². The predicted octanol–water partition coefficient (Wildman–Crippen LogP) is 1.84. The Morgan fingerprint density at radius 2 is 0.477 bits per heavy atom. The Labute approximate surface area is 476 Å². The van der Waals surface area contributed by atoms with Gasteiger partial charge in [0.05, 0.1) is 54.9 Å². The summed E-state index contributed by atoms with van der Waals surface area (Å²) >= 11 is 0. The van der Waals surface area contributed by atoms with Crippen molar-refractivity contribution < 1.29 is 265 Å². The number of ether oxygens (including phenoxy) is 16. The van der Waals surface area contributed by atoms with E-state index in [1.807, 2.05) is 0 Å². The van der Waals surface area contributed by atoms with Gasteiger partial charge in [-0.15, -0.1) is 0 Å². The Morgan fingerprint density at radius 3 is 0.600 bits per heavy atom. The minimum Gasteiger partial charge on any atom is -0.438 e. The quantitative estimate of drug-likeness (QED) is 0.0998. The van der Waals surface area contributed by atoms with Crippen molar-refractivity contribution in [3.05, 3.63) is 0 Å². The van der Waals surface area contributed by atoms with E-state index in [1.54, 1.807) is 0 Å². The molecule has 0 aromatic rings. The third kappa shape index (κ3) is 66.8. The van der Waals surface area contributed by atoms with E-state index in [0.29, 0.717) is 0 Å². The maximum absolute atomic E-state index is 10.8. The maximum Gasteiger partial charge on any atom is 0.508 e. The second-order valence-corrected chi connectivity index (χ2v) is 10.1. The third-order valence-electron chi connectivity index (χ3n) is 4.84. The first-order valence-electron chi connectivity index (χ1n) is 17.0. The zero-order valence-corrected chi connectivity index (χ0v) is 48.0. The van der Waals surface area contributed by atoms with Crippen LogP contribution in [0.2, 0.25) is 0 Å². The fourth-order valence-corrected chi connectivity index (χ4v) is 2.42. The monoisotopic (exact) mass is 1260 g/mol. The predicted molar refractivity (Wildman–Crippen MR) is 196 cm³/mol. The summed E-state index contributed by atoms with van der Waals surface area (Å²) in [5, 5.41) is 33.4. The second kappa shape index (κ2) is 60.4. The van der Waals surface area contributed by atoms with E-state index in [-0.39, 0.29) is 218 Å². The Balaban J connectivity index is -0.0000000896. The first-order valence-corrected chi connectivity index (χ1v) is 17.0. The van der Waals surface area contributed by atoms with Gasteiger partial charge in [-0.3, -0.25) is 0 Å². The van der Waals surface area contributed by atoms with Crippen molar-refractivity contribution in [2.45, 2.75) is 59.5 Å². The molecular formula is C33H60O28Y4. The Bertz CT molecular complexity index is 1010.